The van der Waals surface area contributed by atoms with E-state index in [0.717, 1.165) is 16.8 Å². The Balaban J connectivity index is 1.46. The fraction of sp³-hybridized carbons (Fsp3) is 0.120. The molecule has 1 amide bonds. The molecular weight excluding hydrogens is 500 g/mol. The van der Waals surface area contributed by atoms with Crippen LogP contribution >= 0.6 is 23.4 Å². The summed E-state index contributed by atoms with van der Waals surface area (Å²) >= 11 is 7.30. The van der Waals surface area contributed by atoms with Gasteiger partial charge in [0.2, 0.25) is 0 Å². The van der Waals surface area contributed by atoms with Crippen LogP contribution in [0.5, 0.6) is 5.75 Å². The number of aromatic nitrogens is 4. The van der Waals surface area contributed by atoms with Crippen LogP contribution in [0.15, 0.2) is 83.3 Å². The zero-order valence-corrected chi connectivity index (χ0v) is 21.0. The van der Waals surface area contributed by atoms with E-state index >= 15 is 0 Å². The second kappa shape index (κ2) is 11.6. The number of hydrogen-bond donors (Lipinski definition) is 1. The fourth-order valence-electron chi connectivity index (χ4n) is 3.18. The van der Waals surface area contributed by atoms with Crippen molar-refractivity contribution in [2.45, 2.75) is 19.0 Å². The highest BCUT2D eigenvalue weighted by Gasteiger charge is 2.17. The highest BCUT2D eigenvalue weighted by molar-refractivity contribution is 7.99. The van der Waals surface area contributed by atoms with E-state index in [1.165, 1.54) is 18.7 Å². The maximum Gasteiger partial charge on any atom is 0.308 e. The van der Waals surface area contributed by atoms with Crippen molar-refractivity contribution in [3.8, 4) is 22.8 Å². The number of ether oxygens (including phenoxy) is 1. The third-order valence-electron chi connectivity index (χ3n) is 4.87. The number of esters is 1. The monoisotopic (exact) mass is 520 g/mol. The standard InChI is InChI=1S/C25H21ClN6O3S/c1-16(18-3-9-22(10-4-18)35-17(2)33)28-29-23(34)15-36-25-31-30-24(19-11-13-27-14-12-19)32(25)21-7-5-20(26)6-8-21/h3-14H,15H2,1-2H3,(H,29,34)/b28-16-. The third-order valence-corrected chi connectivity index (χ3v) is 6.05. The number of carbonyl (C=O) groups is 2. The molecule has 0 aliphatic heterocycles. The molecule has 0 atom stereocenters. The van der Waals surface area contributed by atoms with E-state index < -0.39 is 5.97 Å². The maximum absolute atomic E-state index is 12.5. The first-order valence-corrected chi connectivity index (χ1v) is 12.1. The first-order chi connectivity index (χ1) is 17.4. The number of benzene rings is 2. The Morgan fingerprint density at radius 3 is 2.36 bits per heavy atom. The summed E-state index contributed by atoms with van der Waals surface area (Å²) in [4.78, 5) is 27.6. The van der Waals surface area contributed by atoms with E-state index in [9.17, 15) is 9.59 Å². The predicted octanol–water partition coefficient (Wildman–Crippen LogP) is 4.54. The van der Waals surface area contributed by atoms with Crippen molar-refractivity contribution in [1.29, 1.82) is 0 Å². The van der Waals surface area contributed by atoms with Gasteiger partial charge in [0.15, 0.2) is 11.0 Å². The normalized spacial score (nSPS) is 11.2. The lowest BCUT2D eigenvalue weighted by atomic mass is 10.1. The Morgan fingerprint density at radius 1 is 1.00 bits per heavy atom. The largest absolute Gasteiger partial charge is 0.427 e. The van der Waals surface area contributed by atoms with Gasteiger partial charge in [-0.3, -0.25) is 19.1 Å². The average Bonchev–Trinajstić information content (AvgIpc) is 3.31. The molecular formula is C25H21ClN6O3S. The molecule has 0 radical (unpaired) electrons. The Kier molecular flexibility index (Phi) is 8.09. The summed E-state index contributed by atoms with van der Waals surface area (Å²) in [5.74, 6) is 0.443. The van der Waals surface area contributed by atoms with Gasteiger partial charge in [0.25, 0.3) is 5.91 Å². The minimum absolute atomic E-state index is 0.0736. The molecule has 0 unspecified atom stereocenters. The molecule has 0 spiro atoms. The molecule has 1 N–H and O–H groups in total. The summed E-state index contributed by atoms with van der Waals surface area (Å²) in [5.41, 5.74) is 5.59. The van der Waals surface area contributed by atoms with Gasteiger partial charge < -0.3 is 4.74 Å². The summed E-state index contributed by atoms with van der Waals surface area (Å²) in [7, 11) is 0. The van der Waals surface area contributed by atoms with E-state index in [1.807, 2.05) is 28.8 Å². The number of rotatable bonds is 8. The van der Waals surface area contributed by atoms with Crippen molar-refractivity contribution in [2.75, 3.05) is 5.75 Å². The van der Waals surface area contributed by atoms with Crippen LogP contribution in [0, 0.1) is 0 Å². The van der Waals surface area contributed by atoms with Crippen LogP contribution < -0.4 is 10.2 Å². The van der Waals surface area contributed by atoms with E-state index in [2.05, 4.69) is 25.7 Å². The van der Waals surface area contributed by atoms with Gasteiger partial charge in [-0.05, 0) is 73.2 Å². The highest BCUT2D eigenvalue weighted by atomic mass is 35.5. The van der Waals surface area contributed by atoms with Crippen molar-refractivity contribution in [2.24, 2.45) is 5.10 Å². The van der Waals surface area contributed by atoms with Gasteiger partial charge in [0.1, 0.15) is 5.75 Å². The zero-order chi connectivity index (χ0) is 25.5. The van der Waals surface area contributed by atoms with E-state index in [-0.39, 0.29) is 11.7 Å². The number of thioether (sulfide) groups is 1. The molecule has 9 nitrogen and oxygen atoms in total. The topological polar surface area (TPSA) is 111 Å². The number of hydrazone groups is 1. The lowest BCUT2D eigenvalue weighted by Gasteiger charge is -2.10. The molecule has 0 fully saturated rings. The van der Waals surface area contributed by atoms with Crippen LogP contribution in [0.25, 0.3) is 17.1 Å². The second-order valence-electron chi connectivity index (χ2n) is 7.49. The van der Waals surface area contributed by atoms with E-state index in [4.69, 9.17) is 16.3 Å². The molecule has 0 aliphatic rings. The Morgan fingerprint density at radius 2 is 1.69 bits per heavy atom. The van der Waals surface area contributed by atoms with Gasteiger partial charge in [0.05, 0.1) is 11.5 Å². The van der Waals surface area contributed by atoms with Crippen molar-refractivity contribution in [3.63, 3.8) is 0 Å². The van der Waals surface area contributed by atoms with Gasteiger partial charge in [-0.1, -0.05) is 23.4 Å². The van der Waals surface area contributed by atoms with Crippen LogP contribution in [-0.4, -0.2) is 43.1 Å². The number of amides is 1. The molecule has 0 bridgehead atoms. The molecule has 11 heteroatoms. The van der Waals surface area contributed by atoms with Gasteiger partial charge in [-0.2, -0.15) is 5.10 Å². The summed E-state index contributed by atoms with van der Waals surface area (Å²) < 4.78 is 6.89. The molecule has 2 aromatic heterocycles. The lowest BCUT2D eigenvalue weighted by Crippen LogP contribution is -2.21. The molecule has 2 aromatic carbocycles. The second-order valence-corrected chi connectivity index (χ2v) is 8.87. The molecule has 36 heavy (non-hydrogen) atoms. The van der Waals surface area contributed by atoms with Crippen LogP contribution in [0.2, 0.25) is 5.02 Å². The van der Waals surface area contributed by atoms with Crippen molar-refractivity contribution < 1.29 is 14.3 Å². The van der Waals surface area contributed by atoms with Crippen LogP contribution in [0.3, 0.4) is 0 Å². The Labute approximate surface area is 216 Å². The lowest BCUT2D eigenvalue weighted by molar-refractivity contribution is -0.131. The predicted molar refractivity (Wildman–Crippen MR) is 138 cm³/mol. The van der Waals surface area contributed by atoms with Gasteiger partial charge in [-0.25, -0.2) is 5.43 Å². The van der Waals surface area contributed by atoms with Crippen molar-refractivity contribution in [3.05, 3.63) is 83.6 Å². The number of hydrogen-bond acceptors (Lipinski definition) is 8. The molecule has 4 aromatic rings. The molecule has 4 rings (SSSR count). The number of pyridine rings is 1. The SMILES string of the molecule is CC(=O)Oc1ccc(/C(C)=N\NC(=O)CSc2nnc(-c3ccncc3)n2-c2ccc(Cl)cc2)cc1. The molecule has 0 saturated heterocycles. The molecule has 0 aliphatic carbocycles. The zero-order valence-electron chi connectivity index (χ0n) is 19.4. The minimum Gasteiger partial charge on any atom is -0.427 e. The number of carbonyl (C=O) groups excluding carboxylic acids is 2. The van der Waals surface area contributed by atoms with Crippen LogP contribution in [0.4, 0.5) is 0 Å². The van der Waals surface area contributed by atoms with Crippen LogP contribution in [-0.2, 0) is 9.59 Å². The summed E-state index contributed by atoms with van der Waals surface area (Å²) in [5, 5.41) is 14.0. The smallest absolute Gasteiger partial charge is 0.308 e. The quantitative estimate of drug-likeness (QED) is 0.119. The van der Waals surface area contributed by atoms with E-state index in [0.29, 0.717) is 27.5 Å². The first kappa shape index (κ1) is 25.1. The Bertz CT molecular complexity index is 1390. The number of halogens is 1. The average molecular weight is 521 g/mol. The van der Waals surface area contributed by atoms with Gasteiger partial charge >= 0.3 is 5.97 Å². The summed E-state index contributed by atoms with van der Waals surface area (Å²) in [6.45, 7) is 3.11. The van der Waals surface area contributed by atoms with E-state index in [1.54, 1.807) is 55.7 Å². The van der Waals surface area contributed by atoms with Gasteiger partial charge in [0, 0.05) is 35.6 Å². The number of nitrogens with zero attached hydrogens (tertiary/aromatic N) is 5. The highest BCUT2D eigenvalue weighted by Crippen LogP contribution is 2.28. The minimum atomic E-state index is -0.391. The summed E-state index contributed by atoms with van der Waals surface area (Å²) in [6.07, 6.45) is 3.36. The van der Waals surface area contributed by atoms with Crippen LogP contribution in [0.1, 0.15) is 19.4 Å². The Hall–Kier alpha value is -4.02. The molecule has 182 valence electrons. The van der Waals surface area contributed by atoms with Crippen molar-refractivity contribution in [1.82, 2.24) is 25.2 Å². The first-order valence-electron chi connectivity index (χ1n) is 10.8. The number of nitrogens with one attached hydrogen (secondary N) is 1. The van der Waals surface area contributed by atoms with Gasteiger partial charge in [-0.15, -0.1) is 10.2 Å². The third kappa shape index (κ3) is 6.35. The molecule has 2 heterocycles. The molecule has 0 saturated carbocycles. The summed E-state index contributed by atoms with van der Waals surface area (Å²) in [6, 6.07) is 17.8. The fourth-order valence-corrected chi connectivity index (χ4v) is 4.05. The van der Waals surface area contributed by atoms with Crippen molar-refractivity contribution >= 4 is 41.0 Å². The maximum atomic E-state index is 12.5.